The molecule has 0 saturated carbocycles. The zero-order chi connectivity index (χ0) is 9.14. The lowest BCUT2D eigenvalue weighted by Gasteiger charge is -2.05. The molecule has 1 aromatic rings. The van der Waals surface area contributed by atoms with Gasteiger partial charge in [0.15, 0.2) is 5.75 Å². The van der Waals surface area contributed by atoms with E-state index in [1.165, 1.54) is 0 Å². The monoisotopic (exact) mass is 230 g/mol. The minimum absolute atomic E-state index is 0.261. The fourth-order valence-electron chi connectivity index (χ4n) is 0.763. The van der Waals surface area contributed by atoms with E-state index in [-0.39, 0.29) is 11.4 Å². The zero-order valence-electron chi connectivity index (χ0n) is 6.08. The Hall–Kier alpha value is -1.23. The van der Waals surface area contributed by atoms with Gasteiger partial charge in [-0.2, -0.15) is 0 Å². The summed E-state index contributed by atoms with van der Waals surface area (Å²) in [5, 5.41) is 0. The lowest BCUT2D eigenvalue weighted by atomic mass is 10.2. The maximum atomic E-state index is 10.0. The molecule has 4 N–H and O–H groups in total. The Bertz CT molecular complexity index is 315. The van der Waals surface area contributed by atoms with E-state index in [1.807, 2.05) is 0 Å². The third kappa shape index (κ3) is 1.68. The maximum absolute atomic E-state index is 10.0. The van der Waals surface area contributed by atoms with Crippen LogP contribution in [-0.4, -0.2) is 6.47 Å². The molecule has 0 atom stereocenters. The van der Waals surface area contributed by atoms with Crippen LogP contribution < -0.4 is 16.2 Å². The molecule has 0 spiro atoms. The predicted molar refractivity (Wildman–Crippen MR) is 49.7 cm³/mol. The molecule has 0 amide bonds. The summed E-state index contributed by atoms with van der Waals surface area (Å²) in [7, 11) is 0. The van der Waals surface area contributed by atoms with Gasteiger partial charge in [-0.3, -0.25) is 4.79 Å². The molecule has 0 aliphatic carbocycles. The van der Waals surface area contributed by atoms with Crippen molar-refractivity contribution in [2.75, 3.05) is 11.5 Å². The van der Waals surface area contributed by atoms with Gasteiger partial charge in [0.05, 0.1) is 11.4 Å². The number of hydrogen-bond donors (Lipinski definition) is 2. The third-order valence-corrected chi connectivity index (χ3v) is 1.77. The van der Waals surface area contributed by atoms with Gasteiger partial charge >= 0.3 is 0 Å². The topological polar surface area (TPSA) is 78.3 Å². The van der Waals surface area contributed by atoms with Gasteiger partial charge in [-0.15, -0.1) is 0 Å². The van der Waals surface area contributed by atoms with E-state index in [9.17, 15) is 4.79 Å². The number of carbonyl (C=O) groups is 1. The molecule has 0 heterocycles. The van der Waals surface area contributed by atoms with Gasteiger partial charge in [0.25, 0.3) is 6.47 Å². The van der Waals surface area contributed by atoms with Crippen molar-refractivity contribution in [2.45, 2.75) is 0 Å². The van der Waals surface area contributed by atoms with E-state index in [2.05, 4.69) is 20.7 Å². The lowest BCUT2D eigenvalue weighted by Crippen LogP contribution is -1.99. The molecule has 4 nitrogen and oxygen atoms in total. The Labute approximate surface area is 77.6 Å². The summed E-state index contributed by atoms with van der Waals surface area (Å²) >= 11 is 3.19. The molecule has 0 saturated heterocycles. The molecule has 0 fully saturated rings. The molecule has 0 aliphatic rings. The average molecular weight is 231 g/mol. The number of benzene rings is 1. The molecule has 0 aliphatic heterocycles. The Balaban J connectivity index is 3.17. The second kappa shape index (κ2) is 3.44. The SMILES string of the molecule is Nc1cc(Br)cc(OC=O)c1N. The molecule has 5 heteroatoms. The molecular weight excluding hydrogens is 224 g/mol. The fourth-order valence-corrected chi connectivity index (χ4v) is 1.22. The van der Waals surface area contributed by atoms with Gasteiger partial charge in [-0.25, -0.2) is 0 Å². The predicted octanol–water partition coefficient (Wildman–Crippen LogP) is 1.15. The van der Waals surface area contributed by atoms with Crippen LogP contribution in [0, 0.1) is 0 Å². The Kier molecular flexibility index (Phi) is 2.54. The molecule has 12 heavy (non-hydrogen) atoms. The van der Waals surface area contributed by atoms with Crippen LogP contribution in [0.1, 0.15) is 0 Å². The molecule has 0 radical (unpaired) electrons. The quantitative estimate of drug-likeness (QED) is 0.591. The van der Waals surface area contributed by atoms with Gasteiger partial charge < -0.3 is 16.2 Å². The lowest BCUT2D eigenvalue weighted by molar-refractivity contribution is -0.120. The average Bonchev–Trinajstić information content (AvgIpc) is 2.00. The number of hydrogen-bond acceptors (Lipinski definition) is 4. The highest BCUT2D eigenvalue weighted by Gasteiger charge is 2.05. The van der Waals surface area contributed by atoms with Crippen molar-refractivity contribution in [2.24, 2.45) is 0 Å². The highest BCUT2D eigenvalue weighted by molar-refractivity contribution is 9.10. The van der Waals surface area contributed by atoms with Crippen molar-refractivity contribution in [3.8, 4) is 5.75 Å². The minimum atomic E-state index is 0.261. The van der Waals surface area contributed by atoms with Crippen molar-refractivity contribution < 1.29 is 9.53 Å². The molecule has 1 rings (SSSR count). The second-order valence-corrected chi connectivity index (χ2v) is 3.04. The fraction of sp³-hybridized carbons (Fsp3) is 0. The highest BCUT2D eigenvalue weighted by Crippen LogP contribution is 2.31. The molecule has 1 aromatic carbocycles. The first-order valence-corrected chi connectivity index (χ1v) is 3.89. The largest absolute Gasteiger partial charge is 0.426 e. The molecule has 0 bridgehead atoms. The van der Waals surface area contributed by atoms with Gasteiger partial charge in [0, 0.05) is 4.47 Å². The van der Waals surface area contributed by atoms with Crippen molar-refractivity contribution >= 4 is 33.8 Å². The van der Waals surface area contributed by atoms with E-state index in [1.54, 1.807) is 12.1 Å². The number of anilines is 2. The van der Waals surface area contributed by atoms with E-state index in [0.717, 1.165) is 0 Å². The van der Waals surface area contributed by atoms with Gasteiger partial charge in [0.2, 0.25) is 0 Å². The van der Waals surface area contributed by atoms with Crippen LogP contribution in [0.4, 0.5) is 11.4 Å². The standard InChI is InChI=1S/C7H7BrN2O2/c8-4-1-5(9)7(10)6(2-4)12-3-11/h1-3H,9-10H2. The van der Waals surface area contributed by atoms with Crippen LogP contribution in [0.5, 0.6) is 5.75 Å². The number of rotatable bonds is 2. The van der Waals surface area contributed by atoms with Crippen LogP contribution >= 0.6 is 15.9 Å². The summed E-state index contributed by atoms with van der Waals surface area (Å²) in [6, 6.07) is 3.20. The van der Waals surface area contributed by atoms with Gasteiger partial charge in [0.1, 0.15) is 0 Å². The molecular formula is C7H7BrN2O2. The maximum Gasteiger partial charge on any atom is 0.298 e. The smallest absolute Gasteiger partial charge is 0.298 e. The van der Waals surface area contributed by atoms with E-state index in [0.29, 0.717) is 16.6 Å². The summed E-state index contributed by atoms with van der Waals surface area (Å²) in [4.78, 5) is 10.0. The Morgan fingerprint density at radius 2 is 2.08 bits per heavy atom. The first-order chi connectivity index (χ1) is 5.65. The van der Waals surface area contributed by atoms with Crippen molar-refractivity contribution in [3.05, 3.63) is 16.6 Å². The van der Waals surface area contributed by atoms with E-state index in [4.69, 9.17) is 11.5 Å². The number of ether oxygens (including phenoxy) is 1. The summed E-state index contributed by atoms with van der Waals surface area (Å²) in [5.74, 6) is 0.261. The van der Waals surface area contributed by atoms with E-state index < -0.39 is 0 Å². The second-order valence-electron chi connectivity index (χ2n) is 2.12. The normalized spacial score (nSPS) is 9.42. The van der Waals surface area contributed by atoms with Crippen LogP contribution in [0.15, 0.2) is 16.6 Å². The van der Waals surface area contributed by atoms with Crippen LogP contribution in [-0.2, 0) is 4.79 Å². The van der Waals surface area contributed by atoms with Crippen molar-refractivity contribution in [3.63, 3.8) is 0 Å². The van der Waals surface area contributed by atoms with Crippen LogP contribution in [0.2, 0.25) is 0 Å². The number of nitrogens with two attached hydrogens (primary N) is 2. The first-order valence-electron chi connectivity index (χ1n) is 3.10. The zero-order valence-corrected chi connectivity index (χ0v) is 7.67. The highest BCUT2D eigenvalue weighted by atomic mass is 79.9. The number of carbonyl (C=O) groups excluding carboxylic acids is 1. The number of halogens is 1. The van der Waals surface area contributed by atoms with Crippen LogP contribution in [0.25, 0.3) is 0 Å². The summed E-state index contributed by atoms with van der Waals surface area (Å²) in [6.07, 6.45) is 0. The van der Waals surface area contributed by atoms with Crippen molar-refractivity contribution in [1.29, 1.82) is 0 Å². The minimum Gasteiger partial charge on any atom is -0.426 e. The molecule has 0 aromatic heterocycles. The van der Waals surface area contributed by atoms with Crippen molar-refractivity contribution in [1.82, 2.24) is 0 Å². The first kappa shape index (κ1) is 8.86. The van der Waals surface area contributed by atoms with Gasteiger partial charge in [-0.05, 0) is 12.1 Å². The Morgan fingerprint density at radius 3 is 2.67 bits per heavy atom. The number of nitrogen functional groups attached to an aromatic ring is 2. The van der Waals surface area contributed by atoms with E-state index >= 15 is 0 Å². The Morgan fingerprint density at radius 1 is 1.42 bits per heavy atom. The van der Waals surface area contributed by atoms with Crippen LogP contribution in [0.3, 0.4) is 0 Å². The third-order valence-electron chi connectivity index (χ3n) is 1.31. The summed E-state index contributed by atoms with van der Waals surface area (Å²) in [5.41, 5.74) is 11.7. The summed E-state index contributed by atoms with van der Waals surface area (Å²) < 4.78 is 5.30. The van der Waals surface area contributed by atoms with Gasteiger partial charge in [-0.1, -0.05) is 15.9 Å². The molecule has 64 valence electrons. The molecule has 0 unspecified atom stereocenters. The summed E-state index contributed by atoms with van der Waals surface area (Å²) in [6.45, 7) is 0.303.